The van der Waals surface area contributed by atoms with Gasteiger partial charge in [-0.25, -0.2) is 0 Å². The Balaban J connectivity index is 2.07. The van der Waals surface area contributed by atoms with E-state index in [0.717, 1.165) is 28.5 Å². The highest BCUT2D eigenvalue weighted by molar-refractivity contribution is 5.69. The third-order valence-electron chi connectivity index (χ3n) is 2.57. The summed E-state index contributed by atoms with van der Waals surface area (Å²) in [4.78, 5) is 0. The van der Waals surface area contributed by atoms with Crippen LogP contribution in [0.25, 0.3) is 0 Å². The van der Waals surface area contributed by atoms with Gasteiger partial charge in [0.2, 0.25) is 0 Å². The minimum Gasteiger partial charge on any atom is -0.465 e. The van der Waals surface area contributed by atoms with Crippen molar-refractivity contribution in [3.05, 3.63) is 47.4 Å². The lowest BCUT2D eigenvalue weighted by molar-refractivity contribution is 0.490. The van der Waals surface area contributed by atoms with Crippen molar-refractivity contribution in [2.75, 3.05) is 11.1 Å². The average molecular weight is 216 g/mol. The molecule has 2 aromatic rings. The number of furan rings is 1. The summed E-state index contributed by atoms with van der Waals surface area (Å²) >= 11 is 0. The molecule has 0 amide bonds. The molecule has 3 heteroatoms. The van der Waals surface area contributed by atoms with Gasteiger partial charge in [-0.1, -0.05) is 12.1 Å². The first-order chi connectivity index (χ1) is 7.66. The topological polar surface area (TPSA) is 51.2 Å². The molecule has 0 spiro atoms. The van der Waals surface area contributed by atoms with Crippen LogP contribution in [0.15, 0.2) is 34.7 Å². The first-order valence-corrected chi connectivity index (χ1v) is 5.31. The Kier molecular flexibility index (Phi) is 2.86. The van der Waals surface area contributed by atoms with E-state index in [1.165, 1.54) is 0 Å². The molecule has 0 fully saturated rings. The number of anilines is 2. The number of hydrogen-bond acceptors (Lipinski definition) is 3. The van der Waals surface area contributed by atoms with Gasteiger partial charge >= 0.3 is 0 Å². The van der Waals surface area contributed by atoms with Crippen LogP contribution >= 0.6 is 0 Å². The van der Waals surface area contributed by atoms with Crippen LogP contribution in [0.4, 0.5) is 11.4 Å². The van der Waals surface area contributed by atoms with Crippen LogP contribution < -0.4 is 11.1 Å². The predicted molar refractivity (Wildman–Crippen MR) is 66.4 cm³/mol. The molecule has 0 aliphatic rings. The van der Waals surface area contributed by atoms with Gasteiger partial charge in [-0.3, -0.25) is 0 Å². The molecule has 1 aromatic heterocycles. The Morgan fingerprint density at radius 1 is 1.19 bits per heavy atom. The Hall–Kier alpha value is -1.90. The number of hydrogen-bond donors (Lipinski definition) is 2. The highest BCUT2D eigenvalue weighted by atomic mass is 16.3. The summed E-state index contributed by atoms with van der Waals surface area (Å²) in [6, 6.07) is 9.88. The summed E-state index contributed by atoms with van der Waals surface area (Å²) < 4.78 is 5.47. The van der Waals surface area contributed by atoms with Crippen molar-refractivity contribution in [3.63, 3.8) is 0 Å². The maximum absolute atomic E-state index is 5.96. The number of para-hydroxylation sites is 1. The molecule has 84 valence electrons. The molecule has 3 N–H and O–H groups in total. The van der Waals surface area contributed by atoms with E-state index in [1.807, 2.05) is 44.2 Å². The van der Waals surface area contributed by atoms with E-state index in [9.17, 15) is 0 Å². The third kappa shape index (κ3) is 2.19. The van der Waals surface area contributed by atoms with Crippen molar-refractivity contribution in [1.29, 1.82) is 0 Å². The van der Waals surface area contributed by atoms with E-state index in [-0.39, 0.29) is 0 Å². The molecule has 0 atom stereocenters. The molecule has 0 aliphatic heterocycles. The summed E-state index contributed by atoms with van der Waals surface area (Å²) in [5.74, 6) is 1.84. The standard InChI is InChI=1S/C13H16N2O/c1-9-4-3-5-12(13(9)14)15-8-11-7-6-10(2)16-11/h3-7,15H,8,14H2,1-2H3. The smallest absolute Gasteiger partial charge is 0.123 e. The number of nitrogens with two attached hydrogens (primary N) is 1. The minimum atomic E-state index is 0.654. The number of nitrogen functional groups attached to an aromatic ring is 1. The van der Waals surface area contributed by atoms with Gasteiger partial charge in [0.1, 0.15) is 11.5 Å². The summed E-state index contributed by atoms with van der Waals surface area (Å²) in [5.41, 5.74) is 8.79. The van der Waals surface area contributed by atoms with Crippen molar-refractivity contribution < 1.29 is 4.42 Å². The SMILES string of the molecule is Cc1ccc(CNc2cccc(C)c2N)o1. The first kappa shape index (κ1) is 10.6. The number of nitrogens with one attached hydrogen (secondary N) is 1. The fraction of sp³-hybridized carbons (Fsp3) is 0.231. The van der Waals surface area contributed by atoms with E-state index in [0.29, 0.717) is 6.54 Å². The van der Waals surface area contributed by atoms with E-state index >= 15 is 0 Å². The molecular weight excluding hydrogens is 200 g/mol. The van der Waals surface area contributed by atoms with E-state index in [4.69, 9.17) is 10.2 Å². The Morgan fingerprint density at radius 2 is 2.00 bits per heavy atom. The molecule has 1 heterocycles. The number of benzene rings is 1. The van der Waals surface area contributed by atoms with Crippen LogP contribution in [0.1, 0.15) is 17.1 Å². The van der Waals surface area contributed by atoms with Crippen LogP contribution in [0, 0.1) is 13.8 Å². The summed E-state index contributed by atoms with van der Waals surface area (Å²) in [5, 5.41) is 3.26. The number of rotatable bonds is 3. The minimum absolute atomic E-state index is 0.654. The van der Waals surface area contributed by atoms with Crippen molar-refractivity contribution in [2.45, 2.75) is 20.4 Å². The Labute approximate surface area is 95.3 Å². The largest absolute Gasteiger partial charge is 0.465 e. The molecule has 1 aromatic carbocycles. The maximum Gasteiger partial charge on any atom is 0.123 e. The highest BCUT2D eigenvalue weighted by Gasteiger charge is 2.02. The summed E-state index contributed by atoms with van der Waals surface area (Å²) in [7, 11) is 0. The van der Waals surface area contributed by atoms with Crippen molar-refractivity contribution >= 4 is 11.4 Å². The van der Waals surface area contributed by atoms with Gasteiger partial charge in [0.15, 0.2) is 0 Å². The van der Waals surface area contributed by atoms with Gasteiger partial charge in [0.05, 0.1) is 17.9 Å². The first-order valence-electron chi connectivity index (χ1n) is 5.31. The molecule has 0 bridgehead atoms. The molecular formula is C13H16N2O. The van der Waals surface area contributed by atoms with Gasteiger partial charge in [0.25, 0.3) is 0 Å². The molecule has 0 saturated heterocycles. The second kappa shape index (κ2) is 4.31. The fourth-order valence-electron chi connectivity index (χ4n) is 1.60. The molecule has 0 radical (unpaired) electrons. The van der Waals surface area contributed by atoms with Gasteiger partial charge in [0, 0.05) is 0 Å². The van der Waals surface area contributed by atoms with Crippen molar-refractivity contribution in [2.24, 2.45) is 0 Å². The normalized spacial score (nSPS) is 10.4. The molecule has 0 saturated carbocycles. The Bertz CT molecular complexity index is 488. The van der Waals surface area contributed by atoms with Crippen LogP contribution in [0.5, 0.6) is 0 Å². The second-order valence-corrected chi connectivity index (χ2v) is 3.90. The number of aryl methyl sites for hydroxylation is 2. The van der Waals surface area contributed by atoms with Gasteiger partial charge < -0.3 is 15.5 Å². The molecule has 0 unspecified atom stereocenters. The molecule has 0 aliphatic carbocycles. The van der Waals surface area contributed by atoms with Crippen molar-refractivity contribution in [3.8, 4) is 0 Å². The second-order valence-electron chi connectivity index (χ2n) is 3.90. The van der Waals surface area contributed by atoms with Crippen LogP contribution in [-0.2, 0) is 6.54 Å². The quantitative estimate of drug-likeness (QED) is 0.775. The Morgan fingerprint density at radius 3 is 2.69 bits per heavy atom. The van der Waals surface area contributed by atoms with E-state index < -0.39 is 0 Å². The highest BCUT2D eigenvalue weighted by Crippen LogP contribution is 2.22. The zero-order chi connectivity index (χ0) is 11.5. The predicted octanol–water partition coefficient (Wildman–Crippen LogP) is 3.09. The zero-order valence-corrected chi connectivity index (χ0v) is 9.58. The average Bonchev–Trinajstić information content (AvgIpc) is 2.67. The zero-order valence-electron chi connectivity index (χ0n) is 9.58. The summed E-state index contributed by atoms with van der Waals surface area (Å²) in [6.45, 7) is 4.59. The van der Waals surface area contributed by atoms with Crippen molar-refractivity contribution in [1.82, 2.24) is 0 Å². The van der Waals surface area contributed by atoms with Gasteiger partial charge in [-0.15, -0.1) is 0 Å². The van der Waals surface area contributed by atoms with Crippen LogP contribution in [-0.4, -0.2) is 0 Å². The lowest BCUT2D eigenvalue weighted by Crippen LogP contribution is -2.02. The summed E-state index contributed by atoms with van der Waals surface area (Å²) in [6.07, 6.45) is 0. The monoisotopic (exact) mass is 216 g/mol. The molecule has 3 nitrogen and oxygen atoms in total. The van der Waals surface area contributed by atoms with Crippen LogP contribution in [0.2, 0.25) is 0 Å². The van der Waals surface area contributed by atoms with Gasteiger partial charge in [-0.2, -0.15) is 0 Å². The van der Waals surface area contributed by atoms with Gasteiger partial charge in [-0.05, 0) is 37.6 Å². The molecule has 2 rings (SSSR count). The molecule has 16 heavy (non-hydrogen) atoms. The lowest BCUT2D eigenvalue weighted by atomic mass is 10.2. The lowest BCUT2D eigenvalue weighted by Gasteiger charge is -2.09. The third-order valence-corrected chi connectivity index (χ3v) is 2.57. The van der Waals surface area contributed by atoms with E-state index in [2.05, 4.69) is 5.32 Å². The van der Waals surface area contributed by atoms with E-state index in [1.54, 1.807) is 0 Å². The van der Waals surface area contributed by atoms with Crippen LogP contribution in [0.3, 0.4) is 0 Å². The maximum atomic E-state index is 5.96. The fourth-order valence-corrected chi connectivity index (χ4v) is 1.60.